The summed E-state index contributed by atoms with van der Waals surface area (Å²) in [4.78, 5) is 15.0. The molecule has 0 unspecified atom stereocenters. The minimum atomic E-state index is -1.08. The SMILES string of the molecule is O=C(O)c1ccc(N2CCN(c3ccc(F)cc3)CC2)nn1. The van der Waals surface area contributed by atoms with Gasteiger partial charge in [0.2, 0.25) is 0 Å². The van der Waals surface area contributed by atoms with E-state index in [1.54, 1.807) is 18.2 Å². The van der Waals surface area contributed by atoms with Gasteiger partial charge in [0.1, 0.15) is 5.82 Å². The fourth-order valence-electron chi connectivity index (χ4n) is 2.45. The van der Waals surface area contributed by atoms with E-state index in [1.165, 1.54) is 18.2 Å². The Morgan fingerprint density at radius 1 is 0.955 bits per heavy atom. The topological polar surface area (TPSA) is 69.6 Å². The molecule has 0 atom stereocenters. The number of hydrogen-bond acceptors (Lipinski definition) is 5. The molecule has 0 aliphatic carbocycles. The zero-order valence-electron chi connectivity index (χ0n) is 11.8. The molecule has 2 heterocycles. The third kappa shape index (κ3) is 2.98. The van der Waals surface area contributed by atoms with Gasteiger partial charge in [-0.3, -0.25) is 0 Å². The molecule has 1 aromatic heterocycles. The molecule has 3 rings (SSSR count). The second-order valence-corrected chi connectivity index (χ2v) is 5.03. The number of halogens is 1. The first kappa shape index (κ1) is 14.2. The minimum absolute atomic E-state index is 0.0614. The van der Waals surface area contributed by atoms with Crippen LogP contribution in [0.4, 0.5) is 15.9 Å². The van der Waals surface area contributed by atoms with Crippen LogP contribution in [0.5, 0.6) is 0 Å². The Balaban J connectivity index is 1.63. The number of carbonyl (C=O) groups is 1. The summed E-state index contributed by atoms with van der Waals surface area (Å²) in [7, 11) is 0. The van der Waals surface area contributed by atoms with Gasteiger partial charge in [-0.25, -0.2) is 9.18 Å². The summed E-state index contributed by atoms with van der Waals surface area (Å²) >= 11 is 0. The van der Waals surface area contributed by atoms with Gasteiger partial charge < -0.3 is 14.9 Å². The monoisotopic (exact) mass is 302 g/mol. The van der Waals surface area contributed by atoms with Crippen molar-refractivity contribution >= 4 is 17.5 Å². The Hall–Kier alpha value is -2.70. The largest absolute Gasteiger partial charge is 0.476 e. The summed E-state index contributed by atoms with van der Waals surface area (Å²) in [5.41, 5.74) is 0.932. The van der Waals surface area contributed by atoms with Crippen LogP contribution in [0.3, 0.4) is 0 Å². The average Bonchev–Trinajstić information content (AvgIpc) is 2.56. The number of aromatic carboxylic acids is 1. The van der Waals surface area contributed by atoms with Crippen LogP contribution in [-0.4, -0.2) is 47.5 Å². The lowest BCUT2D eigenvalue weighted by molar-refractivity contribution is 0.0689. The van der Waals surface area contributed by atoms with E-state index in [9.17, 15) is 9.18 Å². The van der Waals surface area contributed by atoms with Crippen molar-refractivity contribution in [1.82, 2.24) is 10.2 Å². The molecule has 1 saturated heterocycles. The maximum absolute atomic E-state index is 12.9. The maximum Gasteiger partial charge on any atom is 0.356 e. The molecule has 0 radical (unpaired) electrons. The Morgan fingerprint density at radius 3 is 2.14 bits per heavy atom. The number of rotatable bonds is 3. The van der Waals surface area contributed by atoms with E-state index in [4.69, 9.17) is 5.11 Å². The van der Waals surface area contributed by atoms with Crippen molar-refractivity contribution in [1.29, 1.82) is 0 Å². The number of aromatic nitrogens is 2. The summed E-state index contributed by atoms with van der Waals surface area (Å²) in [5.74, 6) is -0.653. The van der Waals surface area contributed by atoms with E-state index in [0.29, 0.717) is 5.82 Å². The van der Waals surface area contributed by atoms with Crippen LogP contribution >= 0.6 is 0 Å². The van der Waals surface area contributed by atoms with Crippen molar-refractivity contribution in [2.24, 2.45) is 0 Å². The third-order valence-electron chi connectivity index (χ3n) is 3.67. The third-order valence-corrected chi connectivity index (χ3v) is 3.67. The summed E-state index contributed by atoms with van der Waals surface area (Å²) in [6.45, 7) is 3.07. The highest BCUT2D eigenvalue weighted by Crippen LogP contribution is 2.19. The predicted octanol–water partition coefficient (Wildman–Crippen LogP) is 1.64. The Morgan fingerprint density at radius 2 is 1.59 bits per heavy atom. The van der Waals surface area contributed by atoms with Crippen LogP contribution in [0.25, 0.3) is 0 Å². The van der Waals surface area contributed by atoms with Crippen molar-refractivity contribution in [2.45, 2.75) is 0 Å². The van der Waals surface area contributed by atoms with Gasteiger partial charge in [0, 0.05) is 31.9 Å². The van der Waals surface area contributed by atoms with Crippen molar-refractivity contribution in [3.05, 3.63) is 47.9 Å². The van der Waals surface area contributed by atoms with E-state index in [1.807, 2.05) is 0 Å². The number of carboxylic acid groups (broad SMARTS) is 1. The summed E-state index contributed by atoms with van der Waals surface area (Å²) in [5, 5.41) is 16.5. The van der Waals surface area contributed by atoms with Crippen molar-refractivity contribution in [3.63, 3.8) is 0 Å². The maximum atomic E-state index is 12.9. The average molecular weight is 302 g/mol. The van der Waals surface area contributed by atoms with Crippen LogP contribution in [0, 0.1) is 5.82 Å². The standard InChI is InChI=1S/C15H15FN4O2/c16-11-1-3-12(4-2-11)19-7-9-20(10-8-19)14-6-5-13(15(21)22)17-18-14/h1-6H,7-10H2,(H,21,22). The number of carboxylic acids is 1. The molecule has 0 spiro atoms. The highest BCUT2D eigenvalue weighted by atomic mass is 19.1. The predicted molar refractivity (Wildman–Crippen MR) is 79.8 cm³/mol. The smallest absolute Gasteiger partial charge is 0.356 e. The Labute approximate surface area is 126 Å². The van der Waals surface area contributed by atoms with Gasteiger partial charge in [0.15, 0.2) is 11.5 Å². The molecule has 0 saturated carbocycles. The minimum Gasteiger partial charge on any atom is -0.476 e. The van der Waals surface area contributed by atoms with Crippen LogP contribution in [0.1, 0.15) is 10.5 Å². The lowest BCUT2D eigenvalue weighted by atomic mass is 10.2. The lowest BCUT2D eigenvalue weighted by Crippen LogP contribution is -2.46. The summed E-state index contributed by atoms with van der Waals surface area (Å²) in [6.07, 6.45) is 0. The molecule has 7 heteroatoms. The fourth-order valence-corrected chi connectivity index (χ4v) is 2.45. The second kappa shape index (κ2) is 5.97. The summed E-state index contributed by atoms with van der Waals surface area (Å²) < 4.78 is 12.9. The second-order valence-electron chi connectivity index (χ2n) is 5.03. The van der Waals surface area contributed by atoms with Crippen LogP contribution in [-0.2, 0) is 0 Å². The van der Waals surface area contributed by atoms with Crippen LogP contribution in [0.15, 0.2) is 36.4 Å². The molecular formula is C15H15FN4O2. The van der Waals surface area contributed by atoms with Crippen molar-refractivity contribution in [2.75, 3.05) is 36.0 Å². The van der Waals surface area contributed by atoms with E-state index >= 15 is 0 Å². The number of hydrogen-bond donors (Lipinski definition) is 1. The Kier molecular flexibility index (Phi) is 3.86. The van der Waals surface area contributed by atoms with Crippen molar-refractivity contribution in [3.8, 4) is 0 Å². The molecule has 1 fully saturated rings. The number of piperazine rings is 1. The van der Waals surface area contributed by atoms with E-state index in [0.717, 1.165) is 31.9 Å². The first-order chi connectivity index (χ1) is 10.6. The molecule has 1 aliphatic heterocycles. The van der Waals surface area contributed by atoms with E-state index in [2.05, 4.69) is 20.0 Å². The molecule has 0 bridgehead atoms. The molecule has 22 heavy (non-hydrogen) atoms. The molecule has 1 N–H and O–H groups in total. The van der Waals surface area contributed by atoms with Gasteiger partial charge in [-0.2, -0.15) is 0 Å². The quantitative estimate of drug-likeness (QED) is 0.929. The number of benzene rings is 1. The normalized spacial score (nSPS) is 15.0. The van der Waals surface area contributed by atoms with Gasteiger partial charge in [-0.15, -0.1) is 10.2 Å². The zero-order valence-corrected chi connectivity index (χ0v) is 11.8. The molecule has 2 aromatic rings. The van der Waals surface area contributed by atoms with Gasteiger partial charge in [0.25, 0.3) is 0 Å². The number of anilines is 2. The molecular weight excluding hydrogens is 287 g/mol. The highest BCUT2D eigenvalue weighted by Gasteiger charge is 2.19. The van der Waals surface area contributed by atoms with Crippen LogP contribution < -0.4 is 9.80 Å². The molecule has 114 valence electrons. The van der Waals surface area contributed by atoms with Gasteiger partial charge in [0.05, 0.1) is 0 Å². The Bertz CT molecular complexity index is 652. The van der Waals surface area contributed by atoms with E-state index < -0.39 is 5.97 Å². The van der Waals surface area contributed by atoms with Gasteiger partial charge >= 0.3 is 5.97 Å². The van der Waals surface area contributed by atoms with E-state index in [-0.39, 0.29) is 11.5 Å². The van der Waals surface area contributed by atoms with Gasteiger partial charge in [-0.05, 0) is 36.4 Å². The lowest BCUT2D eigenvalue weighted by Gasteiger charge is -2.36. The first-order valence-electron chi connectivity index (χ1n) is 6.96. The van der Waals surface area contributed by atoms with Gasteiger partial charge in [-0.1, -0.05) is 0 Å². The molecule has 1 aromatic carbocycles. The highest BCUT2D eigenvalue weighted by molar-refractivity contribution is 5.85. The zero-order chi connectivity index (χ0) is 15.5. The van der Waals surface area contributed by atoms with Crippen molar-refractivity contribution < 1.29 is 14.3 Å². The van der Waals surface area contributed by atoms with Crippen LogP contribution in [0.2, 0.25) is 0 Å². The first-order valence-corrected chi connectivity index (χ1v) is 6.96. The number of nitrogens with zero attached hydrogens (tertiary/aromatic N) is 4. The summed E-state index contributed by atoms with van der Waals surface area (Å²) in [6, 6.07) is 9.58. The fraction of sp³-hybridized carbons (Fsp3) is 0.267. The molecule has 0 amide bonds. The molecule has 1 aliphatic rings. The molecule has 6 nitrogen and oxygen atoms in total.